The third-order valence-corrected chi connectivity index (χ3v) is 1.39. The van der Waals surface area contributed by atoms with Gasteiger partial charge in [0.05, 0.1) is 6.54 Å². The third kappa shape index (κ3) is 5.79. The Morgan fingerprint density at radius 3 is 2.45 bits per heavy atom. The minimum atomic E-state index is 0.0376. The second kappa shape index (κ2) is 5.07. The van der Waals surface area contributed by atoms with Crippen molar-refractivity contribution in [2.75, 3.05) is 20.2 Å². The zero-order valence-corrected chi connectivity index (χ0v) is 7.90. The van der Waals surface area contributed by atoms with Crippen LogP contribution in [0, 0.1) is 0 Å². The van der Waals surface area contributed by atoms with Gasteiger partial charge in [0.25, 0.3) is 0 Å². The van der Waals surface area contributed by atoms with Crippen LogP contribution in [-0.4, -0.2) is 36.1 Å². The number of ether oxygens (including phenoxy) is 1. The van der Waals surface area contributed by atoms with Gasteiger partial charge in [-0.3, -0.25) is 4.79 Å². The van der Waals surface area contributed by atoms with E-state index in [2.05, 4.69) is 12.2 Å². The maximum absolute atomic E-state index is 10.7. The molecule has 0 bridgehead atoms. The summed E-state index contributed by atoms with van der Waals surface area (Å²) in [4.78, 5) is 12.2. The summed E-state index contributed by atoms with van der Waals surface area (Å²) in [5.74, 6) is 0.0376. The molecule has 0 aliphatic heterocycles. The minimum Gasteiger partial charge on any atom is -0.486 e. The lowest BCUT2D eigenvalue weighted by atomic mass is 10.5. The van der Waals surface area contributed by atoms with E-state index in [-0.39, 0.29) is 5.91 Å². The maximum atomic E-state index is 10.7. The highest BCUT2D eigenvalue weighted by Gasteiger charge is 2.00. The molecule has 0 heterocycles. The summed E-state index contributed by atoms with van der Waals surface area (Å²) in [6, 6.07) is 0. The number of hydrogen-bond donors (Lipinski definition) is 0. The van der Waals surface area contributed by atoms with E-state index in [9.17, 15) is 4.79 Å². The Morgan fingerprint density at radius 1 is 1.55 bits per heavy atom. The van der Waals surface area contributed by atoms with Crippen LogP contribution >= 0.6 is 12.2 Å². The molecular weight excluding hydrogens is 162 g/mol. The molecule has 0 radical (unpaired) electrons. The standard InChI is InChI=1S/C7H13NO2S/c1-6(9)8(3)4-5-10-7(2)11/h4-5H2,1-3H3. The molecule has 0 saturated carbocycles. The first kappa shape index (κ1) is 10.4. The van der Waals surface area contributed by atoms with Gasteiger partial charge in [0.15, 0.2) is 5.05 Å². The van der Waals surface area contributed by atoms with E-state index in [1.54, 1.807) is 18.9 Å². The predicted octanol–water partition coefficient (Wildman–Crippen LogP) is 0.829. The van der Waals surface area contributed by atoms with Crippen molar-refractivity contribution in [3.63, 3.8) is 0 Å². The Kier molecular flexibility index (Phi) is 4.77. The van der Waals surface area contributed by atoms with Crippen LogP contribution in [0.25, 0.3) is 0 Å². The minimum absolute atomic E-state index is 0.0376. The van der Waals surface area contributed by atoms with E-state index in [0.29, 0.717) is 18.2 Å². The maximum Gasteiger partial charge on any atom is 0.219 e. The highest BCUT2D eigenvalue weighted by Crippen LogP contribution is 1.85. The number of nitrogens with zero attached hydrogens (tertiary/aromatic N) is 1. The monoisotopic (exact) mass is 175 g/mol. The summed E-state index contributed by atoms with van der Waals surface area (Å²) in [5.41, 5.74) is 0. The number of rotatable bonds is 3. The lowest BCUT2D eigenvalue weighted by molar-refractivity contribution is -0.127. The van der Waals surface area contributed by atoms with Crippen LogP contribution in [0.15, 0.2) is 0 Å². The van der Waals surface area contributed by atoms with Gasteiger partial charge < -0.3 is 9.64 Å². The molecule has 0 N–H and O–H groups in total. The van der Waals surface area contributed by atoms with Crippen LogP contribution in [0.3, 0.4) is 0 Å². The van der Waals surface area contributed by atoms with Gasteiger partial charge in [0.2, 0.25) is 5.91 Å². The smallest absolute Gasteiger partial charge is 0.219 e. The molecule has 0 aliphatic rings. The van der Waals surface area contributed by atoms with Gasteiger partial charge in [-0.1, -0.05) is 0 Å². The molecule has 1 amide bonds. The Hall–Kier alpha value is -0.640. The molecule has 0 spiro atoms. The number of amides is 1. The molecule has 0 rings (SSSR count). The molecule has 0 aromatic heterocycles. The van der Waals surface area contributed by atoms with Crippen molar-refractivity contribution in [1.82, 2.24) is 4.90 Å². The molecule has 0 fully saturated rings. The second-order valence-electron chi connectivity index (χ2n) is 2.28. The average Bonchev–Trinajstić information content (AvgIpc) is 1.86. The molecule has 0 aliphatic carbocycles. The first-order valence-electron chi connectivity index (χ1n) is 3.39. The fraction of sp³-hybridized carbons (Fsp3) is 0.714. The number of carbonyl (C=O) groups excluding carboxylic acids is 1. The first-order chi connectivity index (χ1) is 5.04. The van der Waals surface area contributed by atoms with E-state index in [1.165, 1.54) is 6.92 Å². The summed E-state index contributed by atoms with van der Waals surface area (Å²) < 4.78 is 5.00. The topological polar surface area (TPSA) is 29.5 Å². The molecule has 0 saturated heterocycles. The van der Waals surface area contributed by atoms with E-state index >= 15 is 0 Å². The summed E-state index contributed by atoms with van der Waals surface area (Å²) in [6.07, 6.45) is 0. The van der Waals surface area contributed by atoms with Crippen molar-refractivity contribution in [3.05, 3.63) is 0 Å². The second-order valence-corrected chi connectivity index (χ2v) is 2.86. The number of likely N-dealkylation sites (N-methyl/N-ethyl adjacent to an activating group) is 1. The average molecular weight is 175 g/mol. The van der Waals surface area contributed by atoms with Crippen molar-refractivity contribution in [2.45, 2.75) is 13.8 Å². The molecule has 0 aromatic rings. The third-order valence-electron chi connectivity index (χ3n) is 1.27. The highest BCUT2D eigenvalue weighted by molar-refractivity contribution is 7.80. The zero-order chi connectivity index (χ0) is 8.85. The Labute approximate surface area is 72.3 Å². The van der Waals surface area contributed by atoms with Gasteiger partial charge in [-0.05, 0) is 12.2 Å². The van der Waals surface area contributed by atoms with Crippen molar-refractivity contribution in [3.8, 4) is 0 Å². The molecule has 0 aromatic carbocycles. The molecule has 11 heavy (non-hydrogen) atoms. The quantitative estimate of drug-likeness (QED) is 0.595. The summed E-state index contributed by atoms with van der Waals surface area (Å²) in [6.45, 7) is 4.29. The van der Waals surface area contributed by atoms with Crippen LogP contribution < -0.4 is 0 Å². The summed E-state index contributed by atoms with van der Waals surface area (Å²) in [5, 5.41) is 0.516. The van der Waals surface area contributed by atoms with E-state index in [0.717, 1.165) is 0 Å². The number of thiocarbonyl (C=S) groups is 1. The molecule has 3 nitrogen and oxygen atoms in total. The lowest BCUT2D eigenvalue weighted by Gasteiger charge is -2.14. The summed E-state index contributed by atoms with van der Waals surface area (Å²) >= 11 is 4.69. The fourth-order valence-corrected chi connectivity index (χ4v) is 0.567. The number of hydrogen-bond acceptors (Lipinski definition) is 3. The van der Waals surface area contributed by atoms with Crippen molar-refractivity contribution < 1.29 is 9.53 Å². The molecular formula is C7H13NO2S. The van der Waals surface area contributed by atoms with Gasteiger partial charge >= 0.3 is 0 Å². The Balaban J connectivity index is 3.39. The molecule has 0 atom stereocenters. The van der Waals surface area contributed by atoms with Crippen molar-refractivity contribution in [2.24, 2.45) is 0 Å². The van der Waals surface area contributed by atoms with Crippen molar-refractivity contribution >= 4 is 23.2 Å². The summed E-state index contributed by atoms with van der Waals surface area (Å²) in [7, 11) is 1.73. The first-order valence-corrected chi connectivity index (χ1v) is 3.80. The molecule has 0 unspecified atom stereocenters. The van der Waals surface area contributed by atoms with Crippen LogP contribution in [-0.2, 0) is 9.53 Å². The van der Waals surface area contributed by atoms with Crippen LogP contribution in [0.1, 0.15) is 13.8 Å². The Bertz CT molecular complexity index is 159. The number of carbonyl (C=O) groups is 1. The van der Waals surface area contributed by atoms with E-state index in [4.69, 9.17) is 4.74 Å². The van der Waals surface area contributed by atoms with Crippen molar-refractivity contribution in [1.29, 1.82) is 0 Å². The normalized spacial score (nSPS) is 9.00. The van der Waals surface area contributed by atoms with Gasteiger partial charge in [-0.2, -0.15) is 0 Å². The van der Waals surface area contributed by atoms with Crippen LogP contribution in [0.5, 0.6) is 0 Å². The van der Waals surface area contributed by atoms with Crippen LogP contribution in [0.4, 0.5) is 0 Å². The van der Waals surface area contributed by atoms with E-state index in [1.807, 2.05) is 0 Å². The Morgan fingerprint density at radius 2 is 2.09 bits per heavy atom. The fourth-order valence-electron chi connectivity index (χ4n) is 0.484. The molecule has 64 valence electrons. The van der Waals surface area contributed by atoms with Gasteiger partial charge in [-0.25, -0.2) is 0 Å². The zero-order valence-electron chi connectivity index (χ0n) is 7.09. The van der Waals surface area contributed by atoms with Gasteiger partial charge in [0.1, 0.15) is 6.61 Å². The predicted molar refractivity (Wildman–Crippen MR) is 47.5 cm³/mol. The molecule has 4 heteroatoms. The highest BCUT2D eigenvalue weighted by atomic mass is 32.1. The van der Waals surface area contributed by atoms with Crippen LogP contribution in [0.2, 0.25) is 0 Å². The largest absolute Gasteiger partial charge is 0.486 e. The SMILES string of the molecule is CC(=O)N(C)CCOC(C)=S. The lowest BCUT2D eigenvalue weighted by Crippen LogP contribution is -2.28. The van der Waals surface area contributed by atoms with Gasteiger partial charge in [0, 0.05) is 20.9 Å². The van der Waals surface area contributed by atoms with Gasteiger partial charge in [-0.15, -0.1) is 0 Å². The van der Waals surface area contributed by atoms with E-state index < -0.39 is 0 Å².